The van der Waals surface area contributed by atoms with Crippen LogP contribution < -0.4 is 9.47 Å². The number of hydrogen-bond acceptors (Lipinski definition) is 5. The van der Waals surface area contributed by atoms with Crippen molar-refractivity contribution >= 4 is 17.1 Å². The van der Waals surface area contributed by atoms with E-state index in [2.05, 4.69) is 11.1 Å². The number of rotatable bonds is 4. The van der Waals surface area contributed by atoms with E-state index in [1.807, 2.05) is 56.6 Å². The molecule has 3 aromatic carbocycles. The first kappa shape index (κ1) is 19.3. The van der Waals surface area contributed by atoms with E-state index in [0.717, 1.165) is 27.6 Å². The third-order valence-corrected chi connectivity index (χ3v) is 5.00. The highest BCUT2D eigenvalue weighted by Gasteiger charge is 2.33. The zero-order valence-electron chi connectivity index (χ0n) is 17.0. The van der Waals surface area contributed by atoms with E-state index in [4.69, 9.17) is 9.47 Å². The Kier molecular flexibility index (Phi) is 5.03. The Morgan fingerprint density at radius 2 is 1.87 bits per heavy atom. The topological polar surface area (TPSA) is 78.1 Å². The van der Waals surface area contributed by atoms with Gasteiger partial charge in [0.25, 0.3) is 0 Å². The molecule has 0 radical (unpaired) electrons. The number of phenols is 1. The van der Waals surface area contributed by atoms with Crippen LogP contribution in [0, 0.1) is 11.3 Å². The van der Waals surface area contributed by atoms with Crippen LogP contribution in [0.2, 0.25) is 0 Å². The Morgan fingerprint density at radius 3 is 2.53 bits per heavy atom. The van der Waals surface area contributed by atoms with Gasteiger partial charge in [-0.05, 0) is 46.7 Å². The molecule has 150 valence electrons. The summed E-state index contributed by atoms with van der Waals surface area (Å²) in [6, 6.07) is 18.9. The van der Waals surface area contributed by atoms with Crippen LogP contribution in [0.3, 0.4) is 0 Å². The molecule has 0 aromatic heterocycles. The van der Waals surface area contributed by atoms with Crippen molar-refractivity contribution in [3.63, 3.8) is 0 Å². The highest BCUT2D eigenvalue weighted by Crippen LogP contribution is 2.47. The Balaban J connectivity index is 2.00. The summed E-state index contributed by atoms with van der Waals surface area (Å²) in [5.74, 6) is 1.36. The summed E-state index contributed by atoms with van der Waals surface area (Å²) in [4.78, 5) is 6.18. The number of benzene rings is 3. The molecule has 0 bridgehead atoms. The van der Waals surface area contributed by atoms with E-state index in [1.165, 1.54) is 0 Å². The second kappa shape index (κ2) is 7.80. The number of nitrogens with zero attached hydrogens (tertiary/aromatic N) is 3. The van der Waals surface area contributed by atoms with Crippen LogP contribution in [0.15, 0.2) is 71.0 Å². The van der Waals surface area contributed by atoms with E-state index < -0.39 is 5.92 Å². The number of phenolic OH excluding ortho intramolecular Hbond substituents is 1. The monoisotopic (exact) mass is 399 g/mol. The third kappa shape index (κ3) is 3.42. The molecule has 0 saturated carbocycles. The van der Waals surface area contributed by atoms with Crippen LogP contribution in [-0.2, 0) is 0 Å². The maximum absolute atomic E-state index is 10.1. The summed E-state index contributed by atoms with van der Waals surface area (Å²) in [5, 5.41) is 22.0. The lowest BCUT2D eigenvalue weighted by atomic mass is 9.81. The van der Waals surface area contributed by atoms with Crippen molar-refractivity contribution in [1.29, 1.82) is 5.26 Å². The predicted molar refractivity (Wildman–Crippen MR) is 116 cm³/mol. The van der Waals surface area contributed by atoms with Gasteiger partial charge in [0, 0.05) is 19.7 Å². The number of aromatic hydroxyl groups is 1. The fourth-order valence-corrected chi connectivity index (χ4v) is 3.63. The minimum atomic E-state index is -0.399. The second-order valence-electron chi connectivity index (χ2n) is 7.23. The third-order valence-electron chi connectivity index (χ3n) is 5.00. The summed E-state index contributed by atoms with van der Waals surface area (Å²) in [5.41, 5.74) is 2.14. The van der Waals surface area contributed by atoms with Gasteiger partial charge in [-0.2, -0.15) is 5.26 Å². The van der Waals surface area contributed by atoms with Gasteiger partial charge in [-0.1, -0.05) is 24.3 Å². The average molecular weight is 399 g/mol. The Hall–Kier alpha value is -3.98. The van der Waals surface area contributed by atoms with Crippen molar-refractivity contribution in [2.24, 2.45) is 4.99 Å². The standard InChI is InChI=1S/C24H21N3O3/c1-27(2)14-26-24-20(13-25)22(16-5-9-18(29-3)10-6-16)23-19-12-17(28)8-4-15(19)7-11-21(23)30-24/h4-12,14,22,28H,1-3H3/b26-14+. The molecule has 1 aliphatic heterocycles. The van der Waals surface area contributed by atoms with Crippen molar-refractivity contribution in [2.45, 2.75) is 5.92 Å². The summed E-state index contributed by atoms with van der Waals surface area (Å²) in [6.07, 6.45) is 1.61. The van der Waals surface area contributed by atoms with Crippen LogP contribution in [0.25, 0.3) is 10.8 Å². The first-order chi connectivity index (χ1) is 14.5. The molecule has 0 fully saturated rings. The first-order valence-corrected chi connectivity index (χ1v) is 9.44. The van der Waals surface area contributed by atoms with Gasteiger partial charge in [-0.3, -0.25) is 0 Å². The molecule has 4 rings (SSSR count). The molecular weight excluding hydrogens is 378 g/mol. The quantitative estimate of drug-likeness (QED) is 0.520. The van der Waals surface area contributed by atoms with E-state index in [9.17, 15) is 10.4 Å². The molecule has 1 unspecified atom stereocenters. The highest BCUT2D eigenvalue weighted by atomic mass is 16.5. The molecule has 1 N–H and O–H groups in total. The lowest BCUT2D eigenvalue weighted by molar-refractivity contribution is 0.394. The highest BCUT2D eigenvalue weighted by molar-refractivity contribution is 5.91. The average Bonchev–Trinajstić information content (AvgIpc) is 2.76. The van der Waals surface area contributed by atoms with Crippen LogP contribution in [0.1, 0.15) is 17.0 Å². The summed E-state index contributed by atoms with van der Waals surface area (Å²) in [7, 11) is 5.32. The number of fused-ring (bicyclic) bond motifs is 3. The Morgan fingerprint density at radius 1 is 1.13 bits per heavy atom. The van der Waals surface area contributed by atoms with Gasteiger partial charge < -0.3 is 19.5 Å². The van der Waals surface area contributed by atoms with E-state index in [-0.39, 0.29) is 11.6 Å². The smallest absolute Gasteiger partial charge is 0.235 e. The first-order valence-electron chi connectivity index (χ1n) is 9.44. The van der Waals surface area contributed by atoms with Crippen LogP contribution in [0.4, 0.5) is 0 Å². The number of ether oxygens (including phenoxy) is 2. The van der Waals surface area contributed by atoms with E-state index >= 15 is 0 Å². The SMILES string of the molecule is COc1ccc(C2C(C#N)=C(/N=C/N(C)C)Oc3ccc4ccc(O)cc4c32)cc1. The van der Waals surface area contributed by atoms with Gasteiger partial charge in [0.05, 0.1) is 19.4 Å². The molecule has 1 atom stereocenters. The molecular formula is C24H21N3O3. The van der Waals surface area contributed by atoms with E-state index in [1.54, 1.807) is 30.5 Å². The van der Waals surface area contributed by atoms with Gasteiger partial charge >= 0.3 is 0 Å². The number of methoxy groups -OCH3 is 1. The number of allylic oxidation sites excluding steroid dienone is 1. The van der Waals surface area contributed by atoms with Crippen LogP contribution in [-0.4, -0.2) is 37.6 Å². The minimum absolute atomic E-state index is 0.156. The second-order valence-corrected chi connectivity index (χ2v) is 7.23. The number of hydrogen-bond donors (Lipinski definition) is 1. The van der Waals surface area contributed by atoms with Gasteiger partial charge in [0.1, 0.15) is 28.9 Å². The molecule has 1 heterocycles. The fraction of sp³-hybridized carbons (Fsp3) is 0.167. The predicted octanol–water partition coefficient (Wildman–Crippen LogP) is 4.40. The fourth-order valence-electron chi connectivity index (χ4n) is 3.63. The van der Waals surface area contributed by atoms with E-state index in [0.29, 0.717) is 11.3 Å². The molecule has 3 aromatic rings. The lowest BCUT2D eigenvalue weighted by Crippen LogP contribution is -2.17. The van der Waals surface area contributed by atoms with Crippen molar-refractivity contribution in [1.82, 2.24) is 4.90 Å². The maximum Gasteiger partial charge on any atom is 0.235 e. The molecule has 30 heavy (non-hydrogen) atoms. The molecule has 0 saturated heterocycles. The molecule has 0 spiro atoms. The number of aliphatic imine (C=N–C) groups is 1. The summed E-state index contributed by atoms with van der Waals surface area (Å²) >= 11 is 0. The summed E-state index contributed by atoms with van der Waals surface area (Å²) in [6.45, 7) is 0. The zero-order chi connectivity index (χ0) is 21.3. The van der Waals surface area contributed by atoms with Gasteiger partial charge in [-0.15, -0.1) is 0 Å². The zero-order valence-corrected chi connectivity index (χ0v) is 17.0. The largest absolute Gasteiger partial charge is 0.508 e. The number of nitriles is 1. The molecule has 0 aliphatic carbocycles. The van der Waals surface area contributed by atoms with Gasteiger partial charge in [-0.25, -0.2) is 4.99 Å². The van der Waals surface area contributed by atoms with Gasteiger partial charge in [0.2, 0.25) is 5.88 Å². The van der Waals surface area contributed by atoms with Crippen molar-refractivity contribution in [3.05, 3.63) is 77.2 Å². The molecule has 0 amide bonds. The van der Waals surface area contributed by atoms with Crippen LogP contribution >= 0.6 is 0 Å². The summed E-state index contributed by atoms with van der Waals surface area (Å²) < 4.78 is 11.3. The Bertz CT molecular complexity index is 1200. The molecule has 6 heteroatoms. The van der Waals surface area contributed by atoms with Crippen molar-refractivity contribution < 1.29 is 14.6 Å². The van der Waals surface area contributed by atoms with Crippen molar-refractivity contribution in [3.8, 4) is 23.3 Å². The lowest BCUT2D eigenvalue weighted by Gasteiger charge is -2.28. The minimum Gasteiger partial charge on any atom is -0.508 e. The normalized spacial score (nSPS) is 15.6. The molecule has 1 aliphatic rings. The molecule has 6 nitrogen and oxygen atoms in total. The van der Waals surface area contributed by atoms with Crippen molar-refractivity contribution in [2.75, 3.05) is 21.2 Å². The maximum atomic E-state index is 10.1. The Labute approximate surface area is 174 Å². The van der Waals surface area contributed by atoms with Gasteiger partial charge in [0.15, 0.2) is 0 Å². The van der Waals surface area contributed by atoms with Crippen LogP contribution in [0.5, 0.6) is 17.2 Å².